The van der Waals surface area contributed by atoms with E-state index in [4.69, 9.17) is 4.74 Å². The molecule has 1 aliphatic rings. The molecule has 0 saturated carbocycles. The van der Waals surface area contributed by atoms with Gasteiger partial charge in [-0.2, -0.15) is 26.3 Å². The Balaban J connectivity index is 1.92. The van der Waals surface area contributed by atoms with E-state index in [1.807, 2.05) is 4.90 Å². The Labute approximate surface area is 159 Å². The van der Waals surface area contributed by atoms with Gasteiger partial charge in [0.1, 0.15) is 6.10 Å². The predicted octanol–water partition coefficient (Wildman–Crippen LogP) is 4.39. The van der Waals surface area contributed by atoms with Crippen molar-refractivity contribution in [3.05, 3.63) is 35.4 Å². The van der Waals surface area contributed by atoms with Gasteiger partial charge in [0.15, 0.2) is 5.96 Å². The standard InChI is InChI=1S/C18H23F6N3O/c1-25-16(26-8-3-2-7-17(19,20)21)27-9-10-28-15(12-27)13-5-4-6-14(11-13)18(22,23)24/h4-6,11,15H,2-3,7-10,12H2,1H3,(H,25,26). The van der Waals surface area contributed by atoms with Crippen molar-refractivity contribution in [2.24, 2.45) is 4.99 Å². The molecule has 1 heterocycles. The van der Waals surface area contributed by atoms with E-state index < -0.39 is 30.4 Å². The van der Waals surface area contributed by atoms with Crippen LogP contribution >= 0.6 is 0 Å². The van der Waals surface area contributed by atoms with E-state index in [2.05, 4.69) is 10.3 Å². The molecule has 1 aliphatic heterocycles. The highest BCUT2D eigenvalue weighted by Crippen LogP contribution is 2.32. The van der Waals surface area contributed by atoms with Crippen molar-refractivity contribution >= 4 is 5.96 Å². The Morgan fingerprint density at radius 1 is 1.21 bits per heavy atom. The SMILES string of the molecule is CN=C(NCCCCC(F)(F)F)N1CCOC(c2cccc(C(F)(F)F)c2)C1. The average molecular weight is 411 g/mol. The zero-order chi connectivity index (χ0) is 20.8. The number of alkyl halides is 6. The summed E-state index contributed by atoms with van der Waals surface area (Å²) in [5, 5.41) is 3.01. The fourth-order valence-electron chi connectivity index (χ4n) is 2.94. The molecule has 0 radical (unpaired) electrons. The number of aliphatic imine (C=N–C) groups is 1. The highest BCUT2D eigenvalue weighted by atomic mass is 19.4. The van der Waals surface area contributed by atoms with Gasteiger partial charge in [0.05, 0.1) is 18.7 Å². The number of benzene rings is 1. The number of morpholine rings is 1. The van der Waals surface area contributed by atoms with Gasteiger partial charge in [0, 0.05) is 26.6 Å². The summed E-state index contributed by atoms with van der Waals surface area (Å²) >= 11 is 0. The lowest BCUT2D eigenvalue weighted by Crippen LogP contribution is -2.48. The summed E-state index contributed by atoms with van der Waals surface area (Å²) in [5.74, 6) is 0.493. The maximum Gasteiger partial charge on any atom is 0.416 e. The first kappa shape index (κ1) is 22.3. The summed E-state index contributed by atoms with van der Waals surface area (Å²) in [6.07, 6.45) is -9.63. The highest BCUT2D eigenvalue weighted by Gasteiger charge is 2.32. The fraction of sp³-hybridized carbons (Fsp3) is 0.611. The molecule has 1 fully saturated rings. The van der Waals surface area contributed by atoms with Crippen LogP contribution in [0.2, 0.25) is 0 Å². The molecule has 10 heteroatoms. The van der Waals surface area contributed by atoms with E-state index in [1.54, 1.807) is 13.1 Å². The first-order chi connectivity index (χ1) is 13.1. The molecule has 1 N–H and O–H groups in total. The molecule has 1 aromatic rings. The molecule has 0 spiro atoms. The van der Waals surface area contributed by atoms with Crippen LogP contribution in [0, 0.1) is 0 Å². The number of hydrogen-bond acceptors (Lipinski definition) is 2. The molecule has 28 heavy (non-hydrogen) atoms. The number of guanidine groups is 1. The van der Waals surface area contributed by atoms with Crippen LogP contribution in [0.15, 0.2) is 29.3 Å². The average Bonchev–Trinajstić information content (AvgIpc) is 2.63. The minimum absolute atomic E-state index is 0.0173. The molecule has 1 unspecified atom stereocenters. The Morgan fingerprint density at radius 2 is 1.96 bits per heavy atom. The van der Waals surface area contributed by atoms with E-state index in [-0.39, 0.29) is 6.42 Å². The van der Waals surface area contributed by atoms with Crippen LogP contribution in [0.3, 0.4) is 0 Å². The first-order valence-corrected chi connectivity index (χ1v) is 8.91. The molecule has 0 aromatic heterocycles. The predicted molar refractivity (Wildman–Crippen MR) is 93.0 cm³/mol. The van der Waals surface area contributed by atoms with Crippen molar-refractivity contribution in [2.75, 3.05) is 33.3 Å². The monoisotopic (exact) mass is 411 g/mol. The number of halogens is 6. The number of rotatable bonds is 5. The zero-order valence-electron chi connectivity index (χ0n) is 15.4. The number of nitrogens with zero attached hydrogens (tertiary/aromatic N) is 2. The third-order valence-electron chi connectivity index (χ3n) is 4.33. The molecule has 1 saturated heterocycles. The van der Waals surface area contributed by atoms with Gasteiger partial charge in [-0.25, -0.2) is 0 Å². The molecule has 0 aliphatic carbocycles. The van der Waals surface area contributed by atoms with E-state index in [9.17, 15) is 26.3 Å². The summed E-state index contributed by atoms with van der Waals surface area (Å²) in [7, 11) is 1.55. The van der Waals surface area contributed by atoms with Gasteiger partial charge < -0.3 is 15.0 Å². The summed E-state index contributed by atoms with van der Waals surface area (Å²) in [4.78, 5) is 5.95. The minimum atomic E-state index is -4.43. The molecule has 1 aromatic carbocycles. The second-order valence-electron chi connectivity index (χ2n) is 6.47. The highest BCUT2D eigenvalue weighted by molar-refractivity contribution is 5.80. The first-order valence-electron chi connectivity index (χ1n) is 8.91. The van der Waals surface area contributed by atoms with Crippen LogP contribution in [0.1, 0.15) is 36.5 Å². The second kappa shape index (κ2) is 9.49. The van der Waals surface area contributed by atoms with E-state index in [1.165, 1.54) is 6.07 Å². The van der Waals surface area contributed by atoms with Gasteiger partial charge in [-0.05, 0) is 30.5 Å². The zero-order valence-corrected chi connectivity index (χ0v) is 15.4. The third-order valence-corrected chi connectivity index (χ3v) is 4.33. The Hall–Kier alpha value is -1.97. The van der Waals surface area contributed by atoms with Gasteiger partial charge in [0.2, 0.25) is 0 Å². The number of hydrogen-bond donors (Lipinski definition) is 1. The molecule has 0 bridgehead atoms. The smallest absolute Gasteiger partial charge is 0.370 e. The molecular weight excluding hydrogens is 388 g/mol. The number of ether oxygens (including phenoxy) is 1. The molecule has 4 nitrogen and oxygen atoms in total. The van der Waals surface area contributed by atoms with Crippen molar-refractivity contribution in [1.29, 1.82) is 0 Å². The summed E-state index contributed by atoms with van der Waals surface area (Å²) in [5.41, 5.74) is -0.321. The lowest BCUT2D eigenvalue weighted by atomic mass is 10.0. The Kier molecular flexibility index (Phi) is 7.56. The molecule has 1 atom stereocenters. The van der Waals surface area contributed by atoms with Crippen molar-refractivity contribution < 1.29 is 31.1 Å². The Bertz CT molecular complexity index is 659. The maximum absolute atomic E-state index is 12.9. The van der Waals surface area contributed by atoms with E-state index in [0.717, 1.165) is 12.1 Å². The van der Waals surface area contributed by atoms with Gasteiger partial charge in [0.25, 0.3) is 0 Å². The molecular formula is C18H23F6N3O. The van der Waals surface area contributed by atoms with Gasteiger partial charge in [-0.3, -0.25) is 4.99 Å². The largest absolute Gasteiger partial charge is 0.416 e. The van der Waals surface area contributed by atoms with E-state index in [0.29, 0.717) is 44.2 Å². The van der Waals surface area contributed by atoms with E-state index >= 15 is 0 Å². The van der Waals surface area contributed by atoms with Crippen LogP contribution in [-0.2, 0) is 10.9 Å². The topological polar surface area (TPSA) is 36.9 Å². The number of unbranched alkanes of at least 4 members (excludes halogenated alkanes) is 1. The lowest BCUT2D eigenvalue weighted by Gasteiger charge is -2.35. The Morgan fingerprint density at radius 3 is 2.61 bits per heavy atom. The fourth-order valence-corrected chi connectivity index (χ4v) is 2.94. The second-order valence-corrected chi connectivity index (χ2v) is 6.47. The van der Waals surface area contributed by atoms with Crippen LogP contribution in [0.25, 0.3) is 0 Å². The third kappa shape index (κ3) is 6.88. The molecule has 0 amide bonds. The van der Waals surface area contributed by atoms with Gasteiger partial charge in [-0.1, -0.05) is 12.1 Å². The molecule has 2 rings (SSSR count). The molecule has 158 valence electrons. The quantitative estimate of drug-likeness (QED) is 0.338. The van der Waals surface area contributed by atoms with Crippen LogP contribution in [-0.4, -0.2) is 50.3 Å². The van der Waals surface area contributed by atoms with Crippen LogP contribution in [0.5, 0.6) is 0 Å². The van der Waals surface area contributed by atoms with Crippen molar-refractivity contribution in [2.45, 2.75) is 37.7 Å². The number of nitrogens with one attached hydrogen (secondary N) is 1. The normalized spacial score (nSPS) is 19.0. The van der Waals surface area contributed by atoms with Crippen molar-refractivity contribution in [3.8, 4) is 0 Å². The maximum atomic E-state index is 12.9. The lowest BCUT2D eigenvalue weighted by molar-refractivity contribution is -0.138. The van der Waals surface area contributed by atoms with Gasteiger partial charge in [-0.15, -0.1) is 0 Å². The van der Waals surface area contributed by atoms with Crippen LogP contribution < -0.4 is 5.32 Å². The van der Waals surface area contributed by atoms with Gasteiger partial charge >= 0.3 is 12.4 Å². The minimum Gasteiger partial charge on any atom is -0.370 e. The summed E-state index contributed by atoms with van der Waals surface area (Å²) in [6, 6.07) is 5.00. The summed E-state index contributed by atoms with van der Waals surface area (Å²) in [6.45, 7) is 1.41. The van der Waals surface area contributed by atoms with Crippen LogP contribution in [0.4, 0.5) is 26.3 Å². The summed E-state index contributed by atoms with van der Waals surface area (Å²) < 4.78 is 80.9. The van der Waals surface area contributed by atoms with Crippen molar-refractivity contribution in [3.63, 3.8) is 0 Å². The van der Waals surface area contributed by atoms with Crippen molar-refractivity contribution in [1.82, 2.24) is 10.2 Å².